The van der Waals surface area contributed by atoms with Crippen LogP contribution in [0.4, 0.5) is 0 Å². The van der Waals surface area contributed by atoms with E-state index < -0.39 is 0 Å². The van der Waals surface area contributed by atoms with Crippen LogP contribution in [0.3, 0.4) is 0 Å². The zero-order valence-corrected chi connectivity index (χ0v) is 12.0. The molecule has 0 atom stereocenters. The monoisotopic (exact) mass is 289 g/mol. The lowest BCUT2D eigenvalue weighted by molar-refractivity contribution is 0.826. The first-order valence-corrected chi connectivity index (χ1v) is 7.45. The van der Waals surface area contributed by atoms with Gasteiger partial charge >= 0.3 is 0 Å². The lowest BCUT2D eigenvalue weighted by Crippen LogP contribution is -1.97. The molecule has 3 nitrogen and oxygen atoms in total. The molecular weight excluding hydrogens is 278 g/mol. The van der Waals surface area contributed by atoms with Gasteiger partial charge in [-0.2, -0.15) is 0 Å². The Kier molecular flexibility index (Phi) is 2.73. The molecule has 4 rings (SSSR count). The highest BCUT2D eigenvalue weighted by atomic mass is 32.1. The molecule has 0 N–H and O–H groups in total. The summed E-state index contributed by atoms with van der Waals surface area (Å²) in [5, 5.41) is 0. The second-order valence-corrected chi connectivity index (χ2v) is 5.76. The van der Waals surface area contributed by atoms with Crippen molar-refractivity contribution in [2.75, 3.05) is 0 Å². The van der Waals surface area contributed by atoms with Crippen LogP contribution in [0.15, 0.2) is 48.2 Å². The zero-order valence-electron chi connectivity index (χ0n) is 11.2. The van der Waals surface area contributed by atoms with Crippen LogP contribution in [0.5, 0.6) is 0 Å². The van der Waals surface area contributed by atoms with E-state index in [4.69, 9.17) is 6.42 Å². The summed E-state index contributed by atoms with van der Waals surface area (Å²) in [7, 11) is 0. The maximum Gasteiger partial charge on any atom is 0.0961 e. The summed E-state index contributed by atoms with van der Waals surface area (Å²) in [6, 6.07) is 12.3. The van der Waals surface area contributed by atoms with E-state index in [1.54, 1.807) is 11.3 Å². The van der Waals surface area contributed by atoms with Crippen LogP contribution in [0, 0.1) is 12.3 Å². The van der Waals surface area contributed by atoms with Gasteiger partial charge in [-0.1, -0.05) is 12.0 Å². The van der Waals surface area contributed by atoms with Crippen LogP contribution in [0.1, 0.15) is 11.1 Å². The minimum atomic E-state index is 0.791. The Balaban J connectivity index is 1.75. The predicted octanol–water partition coefficient (Wildman–Crippen LogP) is 3.68. The van der Waals surface area contributed by atoms with Crippen molar-refractivity contribution in [3.05, 3.63) is 59.4 Å². The van der Waals surface area contributed by atoms with E-state index in [2.05, 4.69) is 38.7 Å². The van der Waals surface area contributed by atoms with Crippen molar-refractivity contribution in [3.8, 4) is 12.3 Å². The highest BCUT2D eigenvalue weighted by Crippen LogP contribution is 2.21. The Labute approximate surface area is 125 Å². The first-order valence-electron chi connectivity index (χ1n) is 6.57. The van der Waals surface area contributed by atoms with Gasteiger partial charge in [-0.15, -0.1) is 17.8 Å². The number of imidazole rings is 1. The molecular formula is C17H11N3S. The molecule has 0 saturated heterocycles. The van der Waals surface area contributed by atoms with Crippen LogP contribution >= 0.6 is 11.3 Å². The molecule has 0 aliphatic rings. The first kappa shape index (κ1) is 12.1. The van der Waals surface area contributed by atoms with E-state index >= 15 is 0 Å². The molecule has 2 aromatic carbocycles. The van der Waals surface area contributed by atoms with Crippen LogP contribution in [0.25, 0.3) is 21.3 Å². The highest BCUT2D eigenvalue weighted by Gasteiger charge is 2.05. The van der Waals surface area contributed by atoms with Gasteiger partial charge < -0.3 is 4.57 Å². The summed E-state index contributed by atoms with van der Waals surface area (Å²) >= 11 is 1.66. The quantitative estimate of drug-likeness (QED) is 0.527. The minimum absolute atomic E-state index is 0.791. The summed E-state index contributed by atoms with van der Waals surface area (Å²) in [4.78, 5) is 8.74. The first-order chi connectivity index (χ1) is 10.3. The maximum absolute atomic E-state index is 5.42. The number of rotatable bonds is 2. The molecule has 0 radical (unpaired) electrons. The van der Waals surface area contributed by atoms with Crippen LogP contribution in [-0.2, 0) is 6.54 Å². The van der Waals surface area contributed by atoms with Crippen molar-refractivity contribution in [1.29, 1.82) is 0 Å². The third-order valence-corrected chi connectivity index (χ3v) is 4.33. The standard InChI is InChI=1S/C17H11N3S/c1-2-12-4-6-16-15(7-12)18-10-20(16)9-13-3-5-14-17(8-13)21-11-19-14/h1,3-8,10-11H,9H2. The number of hydrogen-bond donors (Lipinski definition) is 0. The van der Waals surface area contributed by atoms with Crippen molar-refractivity contribution >= 4 is 32.6 Å². The molecule has 2 aromatic heterocycles. The second kappa shape index (κ2) is 4.72. The Hall–Kier alpha value is -2.64. The van der Waals surface area contributed by atoms with E-state index in [-0.39, 0.29) is 0 Å². The SMILES string of the molecule is C#Cc1ccc2c(c1)ncn2Cc1ccc2ncsc2c1. The fourth-order valence-electron chi connectivity index (χ4n) is 2.47. The van der Waals surface area contributed by atoms with Crippen molar-refractivity contribution < 1.29 is 0 Å². The number of thiazole rings is 1. The van der Waals surface area contributed by atoms with Gasteiger partial charge in [0.15, 0.2) is 0 Å². The largest absolute Gasteiger partial charge is 0.326 e. The average molecular weight is 289 g/mol. The molecule has 0 unspecified atom stereocenters. The number of nitrogens with zero attached hydrogens (tertiary/aromatic N) is 3. The summed E-state index contributed by atoms with van der Waals surface area (Å²) in [5.41, 5.74) is 7.06. The summed E-state index contributed by atoms with van der Waals surface area (Å²) in [5.74, 6) is 2.64. The lowest BCUT2D eigenvalue weighted by Gasteiger charge is -2.05. The van der Waals surface area contributed by atoms with Gasteiger partial charge in [0.05, 0.1) is 33.1 Å². The average Bonchev–Trinajstić information content (AvgIpc) is 3.13. The van der Waals surface area contributed by atoms with E-state index in [0.717, 1.165) is 28.7 Å². The van der Waals surface area contributed by atoms with Crippen molar-refractivity contribution in [3.63, 3.8) is 0 Å². The van der Waals surface area contributed by atoms with Gasteiger partial charge in [-0.3, -0.25) is 0 Å². The normalized spacial score (nSPS) is 11.0. The Morgan fingerprint density at radius 3 is 2.95 bits per heavy atom. The number of benzene rings is 2. The van der Waals surface area contributed by atoms with E-state index in [0.29, 0.717) is 0 Å². The van der Waals surface area contributed by atoms with Crippen molar-refractivity contribution in [2.24, 2.45) is 0 Å². The summed E-state index contributed by atoms with van der Waals surface area (Å²) in [6.45, 7) is 0.791. The third-order valence-electron chi connectivity index (χ3n) is 3.54. The molecule has 4 aromatic rings. The summed E-state index contributed by atoms with van der Waals surface area (Å²) in [6.07, 6.45) is 7.29. The summed E-state index contributed by atoms with van der Waals surface area (Å²) < 4.78 is 3.35. The minimum Gasteiger partial charge on any atom is -0.326 e. The molecule has 0 bridgehead atoms. The Morgan fingerprint density at radius 1 is 1.10 bits per heavy atom. The van der Waals surface area contributed by atoms with Crippen molar-refractivity contribution in [1.82, 2.24) is 14.5 Å². The van der Waals surface area contributed by atoms with E-state index in [1.165, 1.54) is 10.3 Å². The third kappa shape index (κ3) is 2.08. The second-order valence-electron chi connectivity index (χ2n) is 4.87. The number of hydrogen-bond acceptors (Lipinski definition) is 3. The molecule has 100 valence electrons. The molecule has 4 heteroatoms. The number of terminal acetylenes is 1. The molecule has 0 spiro atoms. The molecule has 2 heterocycles. The molecule has 0 fully saturated rings. The van der Waals surface area contributed by atoms with Crippen LogP contribution in [0.2, 0.25) is 0 Å². The van der Waals surface area contributed by atoms with Gasteiger partial charge in [0.25, 0.3) is 0 Å². The Morgan fingerprint density at radius 2 is 2.05 bits per heavy atom. The van der Waals surface area contributed by atoms with Gasteiger partial charge in [-0.25, -0.2) is 9.97 Å². The smallest absolute Gasteiger partial charge is 0.0961 e. The zero-order chi connectivity index (χ0) is 14.2. The highest BCUT2D eigenvalue weighted by molar-refractivity contribution is 7.16. The molecule has 0 saturated carbocycles. The Bertz CT molecular complexity index is 988. The number of aromatic nitrogens is 3. The van der Waals surface area contributed by atoms with Crippen LogP contribution < -0.4 is 0 Å². The maximum atomic E-state index is 5.42. The van der Waals surface area contributed by atoms with Gasteiger partial charge in [-0.05, 0) is 35.9 Å². The van der Waals surface area contributed by atoms with E-state index in [1.807, 2.05) is 30.0 Å². The van der Waals surface area contributed by atoms with Gasteiger partial charge in [0.1, 0.15) is 0 Å². The number of fused-ring (bicyclic) bond motifs is 2. The fraction of sp³-hybridized carbons (Fsp3) is 0.0588. The molecule has 21 heavy (non-hydrogen) atoms. The van der Waals surface area contributed by atoms with Gasteiger partial charge in [0.2, 0.25) is 0 Å². The van der Waals surface area contributed by atoms with Gasteiger partial charge in [0, 0.05) is 12.1 Å². The molecule has 0 amide bonds. The van der Waals surface area contributed by atoms with Crippen molar-refractivity contribution in [2.45, 2.75) is 6.54 Å². The molecule has 0 aliphatic carbocycles. The van der Waals surface area contributed by atoms with Crippen LogP contribution in [-0.4, -0.2) is 14.5 Å². The predicted molar refractivity (Wildman–Crippen MR) is 86.4 cm³/mol. The van der Waals surface area contributed by atoms with E-state index in [9.17, 15) is 0 Å². The topological polar surface area (TPSA) is 30.7 Å². The fourth-order valence-corrected chi connectivity index (χ4v) is 3.21. The molecule has 0 aliphatic heterocycles. The lowest BCUT2D eigenvalue weighted by atomic mass is 10.2.